The number of aromatic amines is 1. The quantitative estimate of drug-likeness (QED) is 0.710. The van der Waals surface area contributed by atoms with E-state index >= 15 is 0 Å². The van der Waals surface area contributed by atoms with Gasteiger partial charge in [-0.25, -0.2) is 9.37 Å². The highest BCUT2D eigenvalue weighted by atomic mass is 19.1. The maximum absolute atomic E-state index is 13.3. The summed E-state index contributed by atoms with van der Waals surface area (Å²) in [5.74, 6) is 0.466. The van der Waals surface area contributed by atoms with Gasteiger partial charge in [0.25, 0.3) is 0 Å². The van der Waals surface area contributed by atoms with Gasteiger partial charge in [0.1, 0.15) is 23.0 Å². The van der Waals surface area contributed by atoms with E-state index in [1.807, 2.05) is 0 Å². The first-order valence-corrected chi connectivity index (χ1v) is 8.40. The molecule has 0 atom stereocenters. The summed E-state index contributed by atoms with van der Waals surface area (Å²) in [6.45, 7) is 0. The van der Waals surface area contributed by atoms with E-state index in [2.05, 4.69) is 9.97 Å². The van der Waals surface area contributed by atoms with Crippen LogP contribution in [0.2, 0.25) is 0 Å². The maximum Gasteiger partial charge on any atom is 0.248 e. The molecule has 25 heavy (non-hydrogen) atoms. The molecule has 0 unspecified atom stereocenters. The van der Waals surface area contributed by atoms with Crippen LogP contribution in [0.15, 0.2) is 47.4 Å². The van der Waals surface area contributed by atoms with E-state index in [-0.39, 0.29) is 17.3 Å². The van der Waals surface area contributed by atoms with Gasteiger partial charge in [0, 0.05) is 29.3 Å². The van der Waals surface area contributed by atoms with E-state index in [1.165, 1.54) is 24.4 Å². The Balaban J connectivity index is 1.93. The molecule has 0 radical (unpaired) electrons. The molecule has 0 aliphatic heterocycles. The van der Waals surface area contributed by atoms with Gasteiger partial charge in [-0.05, 0) is 43.2 Å². The first-order chi connectivity index (χ1) is 12.1. The number of halogens is 1. The summed E-state index contributed by atoms with van der Waals surface area (Å²) < 4.78 is 14.4. The molecular formula is C19H18FN3O2. The number of rotatable bonds is 3. The second-order valence-corrected chi connectivity index (χ2v) is 6.41. The molecule has 4 rings (SSSR count). The summed E-state index contributed by atoms with van der Waals surface area (Å²) in [5, 5.41) is 10.8. The molecule has 5 nitrogen and oxygen atoms in total. The van der Waals surface area contributed by atoms with Crippen LogP contribution in [-0.4, -0.2) is 19.9 Å². The van der Waals surface area contributed by atoms with Crippen LogP contribution < -0.4 is 5.56 Å². The van der Waals surface area contributed by atoms with Crippen molar-refractivity contribution in [1.82, 2.24) is 14.7 Å². The van der Waals surface area contributed by atoms with Gasteiger partial charge in [-0.15, -0.1) is 0 Å². The van der Waals surface area contributed by atoms with Crippen LogP contribution in [-0.2, 0) is 0 Å². The minimum Gasteiger partial charge on any atom is -0.427 e. The molecule has 1 aliphatic carbocycles. The Bertz CT molecular complexity index is 954. The number of pyridine rings is 1. The summed E-state index contributed by atoms with van der Waals surface area (Å²) in [6, 6.07) is 9.14. The van der Waals surface area contributed by atoms with Crippen molar-refractivity contribution in [2.75, 3.05) is 0 Å². The van der Waals surface area contributed by atoms with E-state index < -0.39 is 0 Å². The number of nitrogens with zero attached hydrogens (tertiary/aromatic N) is 2. The average molecular weight is 339 g/mol. The van der Waals surface area contributed by atoms with Crippen LogP contribution in [0.25, 0.3) is 22.5 Å². The maximum atomic E-state index is 13.3. The van der Waals surface area contributed by atoms with Crippen LogP contribution >= 0.6 is 0 Å². The molecule has 0 bridgehead atoms. The molecule has 1 fully saturated rings. The molecular weight excluding hydrogens is 321 g/mol. The van der Waals surface area contributed by atoms with Crippen molar-refractivity contribution in [3.63, 3.8) is 0 Å². The number of hydrogen-bond donors (Lipinski definition) is 2. The molecule has 2 N–H and O–H groups in total. The van der Waals surface area contributed by atoms with Crippen LogP contribution in [0, 0.1) is 5.82 Å². The first kappa shape index (κ1) is 15.6. The lowest BCUT2D eigenvalue weighted by molar-refractivity contribution is 0.175. The standard InChI is InChI=1S/C19H18FN3O2/c20-15-7-5-12(6-8-15)17-18(14-9-10-21-16(24)11-14)23(25)19(22-17)13-3-1-2-4-13/h5-11,13,25H,1-4H2,(H,21,24). The SMILES string of the molecule is O=c1cc(-c2c(-c3ccc(F)cc3)nc(C3CCCC3)n2O)cc[nH]1. The Hall–Kier alpha value is -2.89. The third kappa shape index (κ3) is 2.84. The highest BCUT2D eigenvalue weighted by Crippen LogP contribution is 2.38. The summed E-state index contributed by atoms with van der Waals surface area (Å²) >= 11 is 0. The Labute approximate surface area is 143 Å². The molecule has 1 aliphatic rings. The molecule has 6 heteroatoms. The fourth-order valence-electron chi connectivity index (χ4n) is 3.54. The van der Waals surface area contributed by atoms with Gasteiger partial charge in [0.15, 0.2) is 0 Å². The smallest absolute Gasteiger partial charge is 0.248 e. The van der Waals surface area contributed by atoms with Crippen molar-refractivity contribution in [2.45, 2.75) is 31.6 Å². The molecule has 0 spiro atoms. The highest BCUT2D eigenvalue weighted by molar-refractivity contribution is 5.78. The van der Waals surface area contributed by atoms with Crippen molar-refractivity contribution >= 4 is 0 Å². The number of imidazole rings is 1. The van der Waals surface area contributed by atoms with Gasteiger partial charge in [-0.1, -0.05) is 12.8 Å². The lowest BCUT2D eigenvalue weighted by Crippen LogP contribution is -2.07. The lowest BCUT2D eigenvalue weighted by Gasteiger charge is -2.09. The third-order valence-electron chi connectivity index (χ3n) is 4.77. The number of hydrogen-bond acceptors (Lipinski definition) is 3. The third-order valence-corrected chi connectivity index (χ3v) is 4.77. The molecule has 1 aromatic carbocycles. The zero-order valence-corrected chi connectivity index (χ0v) is 13.6. The summed E-state index contributed by atoms with van der Waals surface area (Å²) in [5.41, 5.74) is 2.02. The second-order valence-electron chi connectivity index (χ2n) is 6.41. The van der Waals surface area contributed by atoms with Crippen molar-refractivity contribution in [3.8, 4) is 22.5 Å². The number of aromatic nitrogens is 3. The van der Waals surface area contributed by atoms with Crippen LogP contribution in [0.3, 0.4) is 0 Å². The van der Waals surface area contributed by atoms with E-state index in [0.29, 0.717) is 28.3 Å². The lowest BCUT2D eigenvalue weighted by atomic mass is 10.1. The van der Waals surface area contributed by atoms with Gasteiger partial charge in [0.05, 0.1) is 0 Å². The topological polar surface area (TPSA) is 70.9 Å². The number of nitrogens with one attached hydrogen (secondary N) is 1. The van der Waals surface area contributed by atoms with Gasteiger partial charge in [0.2, 0.25) is 5.56 Å². The minimum absolute atomic E-state index is 0.194. The van der Waals surface area contributed by atoms with Crippen molar-refractivity contribution < 1.29 is 9.60 Å². The van der Waals surface area contributed by atoms with Crippen LogP contribution in [0.1, 0.15) is 37.4 Å². The van der Waals surface area contributed by atoms with Crippen LogP contribution in [0.4, 0.5) is 4.39 Å². The van der Waals surface area contributed by atoms with E-state index in [4.69, 9.17) is 0 Å². The molecule has 1 saturated carbocycles. The average Bonchev–Trinajstić information content (AvgIpc) is 3.23. The predicted octanol–water partition coefficient (Wildman–Crippen LogP) is 3.94. The molecule has 2 heterocycles. The number of H-pyrrole nitrogens is 1. The van der Waals surface area contributed by atoms with Gasteiger partial charge >= 0.3 is 0 Å². The largest absolute Gasteiger partial charge is 0.427 e. The number of benzene rings is 1. The first-order valence-electron chi connectivity index (χ1n) is 8.40. The zero-order valence-electron chi connectivity index (χ0n) is 13.6. The van der Waals surface area contributed by atoms with E-state index in [9.17, 15) is 14.4 Å². The summed E-state index contributed by atoms with van der Waals surface area (Å²) in [4.78, 5) is 19.0. The van der Waals surface area contributed by atoms with Gasteiger partial charge in [-0.3, -0.25) is 4.79 Å². The van der Waals surface area contributed by atoms with Gasteiger partial charge < -0.3 is 10.2 Å². The normalized spacial score (nSPS) is 14.9. The minimum atomic E-state index is -0.332. The van der Waals surface area contributed by atoms with Crippen LogP contribution in [0.5, 0.6) is 0 Å². The Morgan fingerprint density at radius 3 is 2.52 bits per heavy atom. The molecule has 0 saturated heterocycles. The van der Waals surface area contributed by atoms with Crippen molar-refractivity contribution in [2.24, 2.45) is 0 Å². The Morgan fingerprint density at radius 2 is 1.84 bits per heavy atom. The Kier molecular flexibility index (Phi) is 3.87. The van der Waals surface area contributed by atoms with Gasteiger partial charge in [-0.2, -0.15) is 4.73 Å². The molecule has 128 valence electrons. The summed E-state index contributed by atoms with van der Waals surface area (Å²) in [6.07, 6.45) is 5.73. The molecule has 0 amide bonds. The molecule has 2 aromatic heterocycles. The molecule has 3 aromatic rings. The highest BCUT2D eigenvalue weighted by Gasteiger charge is 2.27. The van der Waals surface area contributed by atoms with E-state index in [1.54, 1.807) is 18.2 Å². The predicted molar refractivity (Wildman–Crippen MR) is 92.1 cm³/mol. The fraction of sp³-hybridized carbons (Fsp3) is 0.263. The fourth-order valence-corrected chi connectivity index (χ4v) is 3.54. The van der Waals surface area contributed by atoms with E-state index in [0.717, 1.165) is 30.4 Å². The summed E-state index contributed by atoms with van der Waals surface area (Å²) in [7, 11) is 0. The Morgan fingerprint density at radius 1 is 1.12 bits per heavy atom. The van der Waals surface area contributed by atoms with Crippen molar-refractivity contribution in [3.05, 3.63) is 64.6 Å². The zero-order chi connectivity index (χ0) is 17.4. The second kappa shape index (κ2) is 6.20. The van der Waals surface area contributed by atoms with Crippen molar-refractivity contribution in [1.29, 1.82) is 0 Å². The monoisotopic (exact) mass is 339 g/mol.